The third-order valence-corrected chi connectivity index (χ3v) is 2.40. The van der Waals surface area contributed by atoms with Gasteiger partial charge >= 0.3 is 5.97 Å². The highest BCUT2D eigenvalue weighted by Gasteiger charge is 2.24. The van der Waals surface area contributed by atoms with Crippen molar-refractivity contribution >= 4 is 5.97 Å². The van der Waals surface area contributed by atoms with E-state index < -0.39 is 35.4 Å². The van der Waals surface area contributed by atoms with Gasteiger partial charge in [-0.25, -0.2) is 13.6 Å². The first kappa shape index (κ1) is 14.5. The molecule has 1 aromatic carbocycles. The number of methoxy groups -OCH3 is 1. The second-order valence-corrected chi connectivity index (χ2v) is 3.60. The Bertz CT molecular complexity index is 430. The van der Waals surface area contributed by atoms with Crippen molar-refractivity contribution in [2.45, 2.75) is 12.2 Å². The first-order valence-electron chi connectivity index (χ1n) is 5.05. The highest BCUT2D eigenvalue weighted by atomic mass is 19.1. The molecule has 2 unspecified atom stereocenters. The average molecular weight is 261 g/mol. The summed E-state index contributed by atoms with van der Waals surface area (Å²) in [4.78, 5) is 11.1. The van der Waals surface area contributed by atoms with Crippen LogP contribution in [-0.4, -0.2) is 35.9 Å². The molecule has 0 radical (unpaired) electrons. The van der Waals surface area contributed by atoms with Gasteiger partial charge in [0.15, 0.2) is 0 Å². The van der Waals surface area contributed by atoms with E-state index in [0.29, 0.717) is 0 Å². The zero-order valence-corrected chi connectivity index (χ0v) is 9.56. The molecule has 0 aliphatic carbocycles. The van der Waals surface area contributed by atoms with Crippen LogP contribution in [0, 0.1) is 11.6 Å². The number of halogens is 2. The fraction of sp³-hybridized carbons (Fsp3) is 0.364. The van der Waals surface area contributed by atoms with E-state index in [1.54, 1.807) is 0 Å². The average Bonchev–Trinajstić information content (AvgIpc) is 2.35. The van der Waals surface area contributed by atoms with Gasteiger partial charge in [0.25, 0.3) is 0 Å². The highest BCUT2D eigenvalue weighted by Crippen LogP contribution is 2.22. The van der Waals surface area contributed by atoms with Gasteiger partial charge in [-0.05, 0) is 17.7 Å². The molecule has 0 heterocycles. The molecule has 0 aromatic heterocycles. The zero-order valence-electron chi connectivity index (χ0n) is 9.56. The maximum atomic E-state index is 13.5. The van der Waals surface area contributed by atoms with Crippen molar-refractivity contribution in [3.8, 4) is 0 Å². The Labute approximate surface area is 102 Å². The molecule has 4 N–H and O–H groups in total. The summed E-state index contributed by atoms with van der Waals surface area (Å²) in [7, 11) is 0.988. The van der Waals surface area contributed by atoms with Crippen molar-refractivity contribution in [2.24, 2.45) is 5.73 Å². The molecular weight excluding hydrogens is 248 g/mol. The normalized spacial score (nSPS) is 14.1. The van der Waals surface area contributed by atoms with Crippen LogP contribution in [0.25, 0.3) is 0 Å². The van der Waals surface area contributed by atoms with Crippen molar-refractivity contribution in [3.05, 3.63) is 34.9 Å². The number of hydrogen-bond donors (Lipinski definition) is 3. The number of aliphatic hydroxyl groups excluding tert-OH is 2. The molecule has 0 bridgehead atoms. The third-order valence-electron chi connectivity index (χ3n) is 2.40. The van der Waals surface area contributed by atoms with Crippen LogP contribution in [0.3, 0.4) is 0 Å². The van der Waals surface area contributed by atoms with Gasteiger partial charge in [-0.1, -0.05) is 0 Å². The number of esters is 1. The Morgan fingerprint density at radius 3 is 2.28 bits per heavy atom. The molecule has 7 heteroatoms. The summed E-state index contributed by atoms with van der Waals surface area (Å²) < 4.78 is 31.2. The van der Waals surface area contributed by atoms with E-state index in [9.17, 15) is 23.8 Å². The second kappa shape index (κ2) is 5.85. The molecule has 1 aromatic rings. The van der Waals surface area contributed by atoms with Gasteiger partial charge in [-0.2, -0.15) is 0 Å². The van der Waals surface area contributed by atoms with Crippen LogP contribution in [0.5, 0.6) is 0 Å². The van der Waals surface area contributed by atoms with Crippen LogP contribution in [0.1, 0.15) is 22.0 Å². The van der Waals surface area contributed by atoms with Gasteiger partial charge in [0, 0.05) is 6.54 Å². The van der Waals surface area contributed by atoms with Gasteiger partial charge in [0.05, 0.1) is 13.2 Å². The van der Waals surface area contributed by atoms with Crippen LogP contribution in [0.4, 0.5) is 8.78 Å². The summed E-state index contributed by atoms with van der Waals surface area (Å²) in [6.45, 7) is -0.275. The van der Waals surface area contributed by atoms with E-state index in [-0.39, 0.29) is 12.1 Å². The predicted molar refractivity (Wildman–Crippen MR) is 57.7 cm³/mol. The lowest BCUT2D eigenvalue weighted by Gasteiger charge is -2.17. The quantitative estimate of drug-likeness (QED) is 0.669. The summed E-state index contributed by atoms with van der Waals surface area (Å²) in [6, 6.07) is 1.50. The van der Waals surface area contributed by atoms with Crippen molar-refractivity contribution in [1.29, 1.82) is 0 Å². The van der Waals surface area contributed by atoms with Crippen LogP contribution >= 0.6 is 0 Å². The molecule has 0 aliphatic rings. The number of rotatable bonds is 4. The molecule has 5 nitrogen and oxygen atoms in total. The maximum absolute atomic E-state index is 13.5. The third kappa shape index (κ3) is 2.81. The van der Waals surface area contributed by atoms with Crippen molar-refractivity contribution in [3.63, 3.8) is 0 Å². The van der Waals surface area contributed by atoms with Gasteiger partial charge in [0.2, 0.25) is 0 Å². The smallest absolute Gasteiger partial charge is 0.343 e. The van der Waals surface area contributed by atoms with E-state index in [0.717, 1.165) is 19.2 Å². The minimum absolute atomic E-state index is 0.212. The largest absolute Gasteiger partial charge is 0.465 e. The van der Waals surface area contributed by atoms with Crippen molar-refractivity contribution < 1.29 is 28.5 Å². The SMILES string of the molecule is COC(=O)c1c(F)cc(C(O)C(O)CN)cc1F. The van der Waals surface area contributed by atoms with E-state index in [1.165, 1.54) is 0 Å². The lowest BCUT2D eigenvalue weighted by Crippen LogP contribution is -2.27. The minimum Gasteiger partial charge on any atom is -0.465 e. The number of nitrogens with two attached hydrogens (primary N) is 1. The number of benzene rings is 1. The number of carbonyl (C=O) groups is 1. The molecule has 2 atom stereocenters. The number of hydrogen-bond acceptors (Lipinski definition) is 5. The number of aliphatic hydroxyl groups is 2. The van der Waals surface area contributed by atoms with Crippen molar-refractivity contribution in [1.82, 2.24) is 0 Å². The van der Waals surface area contributed by atoms with Crippen LogP contribution < -0.4 is 5.73 Å². The molecule has 0 saturated carbocycles. The summed E-state index contributed by atoms with van der Waals surface area (Å²) >= 11 is 0. The molecule has 0 amide bonds. The standard InChI is InChI=1S/C11H13F2NO4/c1-18-11(17)9-6(12)2-5(3-7(9)13)10(16)8(15)4-14/h2-3,8,10,15-16H,4,14H2,1H3. The van der Waals surface area contributed by atoms with Gasteiger partial charge < -0.3 is 20.7 Å². The molecule has 1 rings (SSSR count). The molecule has 0 spiro atoms. The minimum atomic E-state index is -1.54. The summed E-state index contributed by atoms with van der Waals surface area (Å²) in [5.74, 6) is -3.52. The second-order valence-electron chi connectivity index (χ2n) is 3.60. The maximum Gasteiger partial charge on any atom is 0.343 e. The van der Waals surface area contributed by atoms with Crippen LogP contribution in [0.15, 0.2) is 12.1 Å². The monoisotopic (exact) mass is 261 g/mol. The Hall–Kier alpha value is -1.57. The van der Waals surface area contributed by atoms with E-state index in [4.69, 9.17) is 5.73 Å². The van der Waals surface area contributed by atoms with Crippen LogP contribution in [-0.2, 0) is 4.74 Å². The van der Waals surface area contributed by atoms with Crippen molar-refractivity contribution in [2.75, 3.05) is 13.7 Å². The van der Waals surface area contributed by atoms with Crippen LogP contribution in [0.2, 0.25) is 0 Å². The molecular formula is C11H13F2NO4. The lowest BCUT2D eigenvalue weighted by atomic mass is 10.0. The Morgan fingerprint density at radius 1 is 1.39 bits per heavy atom. The molecule has 0 aliphatic heterocycles. The number of ether oxygens (including phenoxy) is 1. The first-order chi connectivity index (χ1) is 8.42. The Morgan fingerprint density at radius 2 is 1.89 bits per heavy atom. The zero-order chi connectivity index (χ0) is 13.9. The fourth-order valence-corrected chi connectivity index (χ4v) is 1.41. The highest BCUT2D eigenvalue weighted by molar-refractivity contribution is 5.90. The summed E-state index contributed by atoms with van der Waals surface area (Å²) in [5, 5.41) is 18.8. The van der Waals surface area contributed by atoms with Gasteiger partial charge in [-0.3, -0.25) is 0 Å². The predicted octanol–water partition coefficient (Wildman–Crippen LogP) is 0.104. The molecule has 0 saturated heterocycles. The Kier molecular flexibility index (Phi) is 4.71. The summed E-state index contributed by atoms with van der Waals surface area (Å²) in [6.07, 6.45) is -2.89. The Balaban J connectivity index is 3.18. The van der Waals surface area contributed by atoms with E-state index in [1.807, 2.05) is 0 Å². The first-order valence-corrected chi connectivity index (χ1v) is 5.05. The van der Waals surface area contributed by atoms with E-state index in [2.05, 4.69) is 4.74 Å². The van der Waals surface area contributed by atoms with Gasteiger partial charge in [0.1, 0.15) is 23.3 Å². The summed E-state index contributed by atoms with van der Waals surface area (Å²) in [5.41, 5.74) is 4.05. The lowest BCUT2D eigenvalue weighted by molar-refractivity contribution is 0.0239. The number of carbonyl (C=O) groups excluding carboxylic acids is 1. The molecule has 18 heavy (non-hydrogen) atoms. The molecule has 0 fully saturated rings. The van der Waals surface area contributed by atoms with Gasteiger partial charge in [-0.15, -0.1) is 0 Å². The molecule has 100 valence electrons. The van der Waals surface area contributed by atoms with E-state index >= 15 is 0 Å². The topological polar surface area (TPSA) is 92.8 Å². The fourth-order valence-electron chi connectivity index (χ4n) is 1.41.